The first-order chi connectivity index (χ1) is 12.6. The van der Waals surface area contributed by atoms with E-state index in [1.807, 2.05) is 0 Å². The summed E-state index contributed by atoms with van der Waals surface area (Å²) in [6, 6.07) is 2.33. The summed E-state index contributed by atoms with van der Waals surface area (Å²) in [5.74, 6) is -2.11. The minimum atomic E-state index is -4.68. The van der Waals surface area contributed by atoms with Crippen molar-refractivity contribution < 1.29 is 32.3 Å². The number of benzene rings is 1. The van der Waals surface area contributed by atoms with Gasteiger partial charge in [0.25, 0.3) is 0 Å². The summed E-state index contributed by atoms with van der Waals surface area (Å²) in [4.78, 5) is 25.4. The molecule has 0 aromatic heterocycles. The van der Waals surface area contributed by atoms with E-state index in [4.69, 9.17) is 5.11 Å². The number of amides is 1. The van der Waals surface area contributed by atoms with Crippen molar-refractivity contribution in [2.24, 2.45) is 5.92 Å². The number of piperidine rings is 1. The maximum atomic E-state index is 13.8. The Labute approximate surface area is 154 Å². The second-order valence-electron chi connectivity index (χ2n) is 7.50. The predicted octanol–water partition coefficient (Wildman–Crippen LogP) is 3.98. The molecule has 1 aliphatic carbocycles. The first-order valence-corrected chi connectivity index (χ1v) is 9.01. The monoisotopic (exact) mass is 387 g/mol. The van der Waals surface area contributed by atoms with E-state index in [1.54, 1.807) is 4.90 Å². The molecule has 8 heteroatoms. The van der Waals surface area contributed by atoms with E-state index < -0.39 is 28.9 Å². The summed E-state index contributed by atoms with van der Waals surface area (Å²) in [5.41, 5.74) is -2.10. The van der Waals surface area contributed by atoms with Crippen LogP contribution in [-0.2, 0) is 21.2 Å². The van der Waals surface area contributed by atoms with E-state index in [2.05, 4.69) is 0 Å². The van der Waals surface area contributed by atoms with E-state index in [0.29, 0.717) is 38.4 Å². The molecule has 1 unspecified atom stereocenters. The van der Waals surface area contributed by atoms with Crippen LogP contribution in [0.3, 0.4) is 0 Å². The molecular formula is C19H21F4NO3. The molecule has 0 bridgehead atoms. The number of carbonyl (C=O) groups excluding carboxylic acids is 1. The normalized spacial score (nSPS) is 21.8. The minimum Gasteiger partial charge on any atom is -0.481 e. The molecule has 1 heterocycles. The highest BCUT2D eigenvalue weighted by molar-refractivity contribution is 5.91. The molecule has 1 aliphatic heterocycles. The summed E-state index contributed by atoms with van der Waals surface area (Å²) < 4.78 is 52.8. The maximum absolute atomic E-state index is 13.8. The van der Waals surface area contributed by atoms with Gasteiger partial charge < -0.3 is 10.0 Å². The molecule has 1 N–H and O–H groups in total. The molecule has 0 spiro atoms. The fourth-order valence-electron chi connectivity index (χ4n) is 3.90. The van der Waals surface area contributed by atoms with Crippen LogP contribution in [0.25, 0.3) is 0 Å². The smallest absolute Gasteiger partial charge is 0.416 e. The molecule has 1 aromatic carbocycles. The predicted molar refractivity (Wildman–Crippen MR) is 88.5 cm³/mol. The van der Waals surface area contributed by atoms with Crippen molar-refractivity contribution in [3.63, 3.8) is 0 Å². The van der Waals surface area contributed by atoms with Crippen LogP contribution < -0.4 is 0 Å². The van der Waals surface area contributed by atoms with Crippen molar-refractivity contribution >= 4 is 11.9 Å². The van der Waals surface area contributed by atoms with Crippen molar-refractivity contribution in [1.82, 2.24) is 4.90 Å². The topological polar surface area (TPSA) is 57.6 Å². The summed E-state index contributed by atoms with van der Waals surface area (Å²) in [7, 11) is 0. The maximum Gasteiger partial charge on any atom is 0.416 e. The number of hydrogen-bond acceptors (Lipinski definition) is 2. The lowest BCUT2D eigenvalue weighted by atomic mass is 9.89. The van der Waals surface area contributed by atoms with E-state index in [-0.39, 0.29) is 23.8 Å². The molecule has 2 aliphatic rings. The standard InChI is InChI=1S/C19H21F4NO3/c20-15-9-13(8-14(10-15)19(21,22)23)18(5-6-18)17(27)24-7-1-2-12(11-24)3-4-16(25)26/h8-10,12H,1-7,11H2,(H,25,26). The molecule has 27 heavy (non-hydrogen) atoms. The van der Waals surface area contributed by atoms with Crippen LogP contribution in [0, 0.1) is 11.7 Å². The molecular weight excluding hydrogens is 366 g/mol. The number of rotatable bonds is 5. The molecule has 148 valence electrons. The van der Waals surface area contributed by atoms with Gasteiger partial charge in [0.1, 0.15) is 5.82 Å². The lowest BCUT2D eigenvalue weighted by Gasteiger charge is -2.35. The second kappa shape index (κ2) is 7.13. The van der Waals surface area contributed by atoms with Crippen molar-refractivity contribution in [2.75, 3.05) is 13.1 Å². The van der Waals surface area contributed by atoms with Crippen LogP contribution in [0.15, 0.2) is 18.2 Å². The highest BCUT2D eigenvalue weighted by atomic mass is 19.4. The van der Waals surface area contributed by atoms with Gasteiger partial charge in [0.2, 0.25) is 5.91 Å². The Morgan fingerprint density at radius 3 is 2.52 bits per heavy atom. The van der Waals surface area contributed by atoms with Gasteiger partial charge in [-0.1, -0.05) is 0 Å². The van der Waals surface area contributed by atoms with Gasteiger partial charge in [-0.25, -0.2) is 4.39 Å². The summed E-state index contributed by atoms with van der Waals surface area (Å²) in [6.45, 7) is 0.890. The molecule has 1 amide bonds. The molecule has 3 rings (SSSR count). The zero-order valence-corrected chi connectivity index (χ0v) is 14.7. The van der Waals surface area contributed by atoms with Crippen molar-refractivity contribution in [3.8, 4) is 0 Å². The SMILES string of the molecule is O=C(O)CCC1CCCN(C(=O)C2(c3cc(F)cc(C(F)(F)F)c3)CC2)C1. The Morgan fingerprint density at radius 1 is 1.22 bits per heavy atom. The lowest BCUT2D eigenvalue weighted by Crippen LogP contribution is -2.45. The largest absolute Gasteiger partial charge is 0.481 e. The van der Waals surface area contributed by atoms with Crippen LogP contribution >= 0.6 is 0 Å². The average molecular weight is 387 g/mol. The Hall–Kier alpha value is -2.12. The fourth-order valence-corrected chi connectivity index (χ4v) is 3.90. The van der Waals surface area contributed by atoms with Gasteiger partial charge in [0.15, 0.2) is 0 Å². The third kappa shape index (κ3) is 4.25. The summed E-state index contributed by atoms with van der Waals surface area (Å²) in [5, 5.41) is 8.82. The molecule has 1 saturated carbocycles. The Balaban J connectivity index is 1.78. The third-order valence-corrected chi connectivity index (χ3v) is 5.51. The number of halogens is 4. The molecule has 0 radical (unpaired) electrons. The van der Waals surface area contributed by atoms with Gasteiger partial charge in [-0.3, -0.25) is 9.59 Å². The quantitative estimate of drug-likeness (QED) is 0.778. The first kappa shape index (κ1) is 19.6. The Kier molecular flexibility index (Phi) is 5.18. The highest BCUT2D eigenvalue weighted by Crippen LogP contribution is 2.51. The van der Waals surface area contributed by atoms with E-state index in [0.717, 1.165) is 25.0 Å². The number of alkyl halides is 3. The van der Waals surface area contributed by atoms with Gasteiger partial charge in [-0.15, -0.1) is 0 Å². The van der Waals surface area contributed by atoms with Crippen LogP contribution in [0.4, 0.5) is 17.6 Å². The van der Waals surface area contributed by atoms with Crippen LogP contribution in [0.5, 0.6) is 0 Å². The molecule has 1 saturated heterocycles. The van der Waals surface area contributed by atoms with Gasteiger partial charge in [-0.05, 0) is 61.8 Å². The number of nitrogens with zero attached hydrogens (tertiary/aromatic N) is 1. The Bertz CT molecular complexity index is 743. The highest BCUT2D eigenvalue weighted by Gasteiger charge is 2.54. The van der Waals surface area contributed by atoms with Crippen molar-refractivity contribution in [2.45, 2.75) is 50.1 Å². The minimum absolute atomic E-state index is 0.0245. The van der Waals surface area contributed by atoms with E-state index in [1.165, 1.54) is 0 Å². The number of hydrogen-bond donors (Lipinski definition) is 1. The van der Waals surface area contributed by atoms with Gasteiger partial charge >= 0.3 is 12.1 Å². The zero-order chi connectivity index (χ0) is 19.8. The van der Waals surface area contributed by atoms with E-state index in [9.17, 15) is 27.2 Å². The van der Waals surface area contributed by atoms with Gasteiger partial charge in [0.05, 0.1) is 11.0 Å². The fraction of sp³-hybridized carbons (Fsp3) is 0.579. The van der Waals surface area contributed by atoms with Gasteiger partial charge in [-0.2, -0.15) is 13.2 Å². The molecule has 4 nitrogen and oxygen atoms in total. The zero-order valence-electron chi connectivity index (χ0n) is 14.7. The van der Waals surface area contributed by atoms with Crippen LogP contribution in [0.1, 0.15) is 49.7 Å². The Morgan fingerprint density at radius 2 is 1.93 bits per heavy atom. The second-order valence-corrected chi connectivity index (χ2v) is 7.50. The summed E-state index contributed by atoms with van der Waals surface area (Å²) in [6.07, 6.45) is -1.86. The number of carbonyl (C=O) groups is 2. The van der Waals surface area contributed by atoms with Crippen LogP contribution in [-0.4, -0.2) is 35.0 Å². The molecule has 1 atom stereocenters. The van der Waals surface area contributed by atoms with Crippen molar-refractivity contribution in [1.29, 1.82) is 0 Å². The lowest BCUT2D eigenvalue weighted by molar-refractivity contribution is -0.139. The first-order valence-electron chi connectivity index (χ1n) is 9.01. The average Bonchev–Trinajstić information content (AvgIpc) is 3.40. The van der Waals surface area contributed by atoms with E-state index >= 15 is 0 Å². The van der Waals surface area contributed by atoms with Crippen molar-refractivity contribution in [3.05, 3.63) is 35.1 Å². The number of aliphatic carboxylic acids is 1. The number of likely N-dealkylation sites (tertiary alicyclic amines) is 1. The van der Waals surface area contributed by atoms with Gasteiger partial charge in [0, 0.05) is 19.5 Å². The third-order valence-electron chi connectivity index (χ3n) is 5.51. The number of carboxylic acids is 1. The molecule has 2 fully saturated rings. The molecule has 1 aromatic rings. The van der Waals surface area contributed by atoms with Crippen LogP contribution in [0.2, 0.25) is 0 Å². The summed E-state index contributed by atoms with van der Waals surface area (Å²) >= 11 is 0. The number of carboxylic acid groups (broad SMARTS) is 1.